The number of nitro groups is 1. The summed E-state index contributed by atoms with van der Waals surface area (Å²) in [7, 11) is 0. The van der Waals surface area contributed by atoms with E-state index in [2.05, 4.69) is 26.1 Å². The molecule has 0 aliphatic rings. The number of rotatable bonds is 6. The van der Waals surface area contributed by atoms with Crippen LogP contribution in [-0.4, -0.2) is 16.9 Å². The monoisotopic (exact) mass is 370 g/mol. The van der Waals surface area contributed by atoms with E-state index in [1.165, 1.54) is 11.6 Å². The highest BCUT2D eigenvalue weighted by Gasteiger charge is 2.22. The van der Waals surface area contributed by atoms with Gasteiger partial charge in [-0.05, 0) is 42.5 Å². The molecule has 0 unspecified atom stereocenters. The number of hydrogen-bond acceptors (Lipinski definition) is 4. The summed E-state index contributed by atoms with van der Waals surface area (Å²) in [5.74, 6) is 0.279. The van der Waals surface area contributed by atoms with E-state index in [1.54, 1.807) is 19.1 Å². The third-order valence-corrected chi connectivity index (χ3v) is 4.42. The Labute approximate surface area is 159 Å². The minimum absolute atomic E-state index is 0.0282. The average Bonchev–Trinajstić information content (AvgIpc) is 2.60. The number of hydrogen-bond donors (Lipinski definition) is 1. The summed E-state index contributed by atoms with van der Waals surface area (Å²) in [6.45, 7) is 9.86. The van der Waals surface area contributed by atoms with Crippen LogP contribution in [0.3, 0.4) is 0 Å². The van der Waals surface area contributed by atoms with Crippen LogP contribution in [0.15, 0.2) is 42.5 Å². The number of nitro benzene ring substituents is 1. The Morgan fingerprint density at radius 3 is 2.33 bits per heavy atom. The van der Waals surface area contributed by atoms with Crippen LogP contribution in [0.2, 0.25) is 0 Å². The number of nitrogens with zero attached hydrogens (tertiary/aromatic N) is 1. The van der Waals surface area contributed by atoms with Crippen molar-refractivity contribution in [3.05, 3.63) is 63.7 Å². The summed E-state index contributed by atoms with van der Waals surface area (Å²) in [6, 6.07) is 12.3. The third-order valence-electron chi connectivity index (χ3n) is 4.42. The van der Waals surface area contributed by atoms with Crippen LogP contribution in [0, 0.1) is 17.0 Å². The fourth-order valence-electron chi connectivity index (χ4n) is 2.69. The quantitative estimate of drug-likeness (QED) is 0.573. The third kappa shape index (κ3) is 5.06. The van der Waals surface area contributed by atoms with Crippen molar-refractivity contribution in [3.8, 4) is 5.75 Å². The molecule has 0 aromatic heterocycles. The van der Waals surface area contributed by atoms with E-state index in [1.807, 2.05) is 31.2 Å². The highest BCUT2D eigenvalue weighted by atomic mass is 16.6. The number of carbonyl (C=O) groups is 1. The molecule has 2 aromatic rings. The van der Waals surface area contributed by atoms with Crippen molar-refractivity contribution in [2.45, 2.75) is 52.6 Å². The second kappa shape index (κ2) is 8.20. The molecule has 0 saturated carbocycles. The van der Waals surface area contributed by atoms with Crippen LogP contribution in [0.5, 0.6) is 5.75 Å². The van der Waals surface area contributed by atoms with Gasteiger partial charge in [-0.25, -0.2) is 0 Å². The molecule has 2 aromatic carbocycles. The van der Waals surface area contributed by atoms with E-state index in [9.17, 15) is 14.9 Å². The zero-order chi connectivity index (χ0) is 20.2. The first-order valence-electron chi connectivity index (χ1n) is 8.95. The molecule has 0 saturated heterocycles. The van der Waals surface area contributed by atoms with Crippen molar-refractivity contribution in [2.24, 2.45) is 0 Å². The molecule has 1 amide bonds. The van der Waals surface area contributed by atoms with Gasteiger partial charge in [0.1, 0.15) is 5.75 Å². The molecule has 0 bridgehead atoms. The Morgan fingerprint density at radius 2 is 1.81 bits per heavy atom. The highest BCUT2D eigenvalue weighted by molar-refractivity contribution is 5.95. The van der Waals surface area contributed by atoms with Gasteiger partial charge in [-0.15, -0.1) is 0 Å². The zero-order valence-corrected chi connectivity index (χ0v) is 16.4. The maximum absolute atomic E-state index is 12.6. The number of nitrogens with one attached hydrogen (secondary N) is 1. The second-order valence-corrected chi connectivity index (χ2v) is 7.49. The molecule has 0 aliphatic carbocycles. The Hall–Kier alpha value is -2.89. The van der Waals surface area contributed by atoms with Crippen LogP contribution in [0.1, 0.15) is 45.2 Å². The molecule has 0 spiro atoms. The molecule has 2 rings (SSSR count). The predicted molar refractivity (Wildman–Crippen MR) is 106 cm³/mol. The Morgan fingerprint density at radius 1 is 1.19 bits per heavy atom. The second-order valence-electron chi connectivity index (χ2n) is 7.49. The van der Waals surface area contributed by atoms with Gasteiger partial charge in [-0.1, -0.05) is 45.9 Å². The lowest BCUT2D eigenvalue weighted by Crippen LogP contribution is -2.32. The number of carbonyl (C=O) groups excluding carboxylic acids is 1. The summed E-state index contributed by atoms with van der Waals surface area (Å²) in [6.07, 6.45) is -0.218. The average molecular weight is 370 g/mol. The fraction of sp³-hybridized carbons (Fsp3) is 0.381. The number of ether oxygens (including phenoxy) is 1. The van der Waals surface area contributed by atoms with Gasteiger partial charge in [0.2, 0.25) is 0 Å². The van der Waals surface area contributed by atoms with Gasteiger partial charge in [0.05, 0.1) is 16.2 Å². The minimum atomic E-state index is -0.691. The van der Waals surface area contributed by atoms with Gasteiger partial charge in [0, 0.05) is 6.07 Å². The van der Waals surface area contributed by atoms with Crippen molar-refractivity contribution in [3.63, 3.8) is 0 Å². The van der Waals surface area contributed by atoms with Crippen LogP contribution in [0.4, 0.5) is 11.4 Å². The van der Waals surface area contributed by atoms with E-state index in [0.717, 1.165) is 0 Å². The summed E-state index contributed by atoms with van der Waals surface area (Å²) in [4.78, 5) is 23.2. The van der Waals surface area contributed by atoms with E-state index in [-0.39, 0.29) is 17.0 Å². The molecular weight excluding hydrogens is 344 g/mol. The van der Waals surface area contributed by atoms with E-state index >= 15 is 0 Å². The lowest BCUT2D eigenvalue weighted by Gasteiger charge is -2.21. The summed E-state index contributed by atoms with van der Waals surface area (Å²) >= 11 is 0. The van der Waals surface area contributed by atoms with Gasteiger partial charge in [0.25, 0.3) is 11.6 Å². The molecule has 0 radical (unpaired) electrons. The predicted octanol–water partition coefficient (Wildman–Crippen LogP) is 5.00. The minimum Gasteiger partial charge on any atom is -0.481 e. The van der Waals surface area contributed by atoms with Crippen molar-refractivity contribution in [1.82, 2.24) is 0 Å². The Kier molecular flexibility index (Phi) is 6.20. The van der Waals surface area contributed by atoms with Crippen molar-refractivity contribution >= 4 is 17.3 Å². The molecule has 6 nitrogen and oxygen atoms in total. The lowest BCUT2D eigenvalue weighted by atomic mass is 9.87. The first-order valence-corrected chi connectivity index (χ1v) is 8.95. The molecule has 1 N–H and O–H groups in total. The SMILES string of the molecule is CC[C@H](Oc1ccc(C(C)(C)C)cc1)C(=O)Nc1cccc([N+](=O)[O-])c1C. The standard InChI is InChI=1S/C21H26N2O4/c1-6-19(27-16-12-10-15(11-13-16)21(3,4)5)20(24)22-17-8-7-9-18(14(17)2)23(25)26/h7-13,19H,6H2,1-5H3,(H,22,24)/t19-/m0/s1. The van der Waals surface area contributed by atoms with Crippen molar-refractivity contribution in [2.75, 3.05) is 5.32 Å². The largest absolute Gasteiger partial charge is 0.481 e. The van der Waals surface area contributed by atoms with Gasteiger partial charge in [-0.2, -0.15) is 0 Å². The summed E-state index contributed by atoms with van der Waals surface area (Å²) in [5, 5.41) is 13.8. The normalized spacial score (nSPS) is 12.3. The highest BCUT2D eigenvalue weighted by Crippen LogP contribution is 2.27. The van der Waals surface area contributed by atoms with Crippen LogP contribution in [0.25, 0.3) is 0 Å². The Bertz CT molecular complexity index is 823. The van der Waals surface area contributed by atoms with Crippen LogP contribution >= 0.6 is 0 Å². The van der Waals surface area contributed by atoms with E-state index in [4.69, 9.17) is 4.74 Å². The number of benzene rings is 2. The number of amides is 1. The maximum atomic E-state index is 12.6. The number of anilines is 1. The smallest absolute Gasteiger partial charge is 0.274 e. The Balaban J connectivity index is 2.13. The zero-order valence-electron chi connectivity index (χ0n) is 16.4. The van der Waals surface area contributed by atoms with Gasteiger partial charge in [0.15, 0.2) is 6.10 Å². The molecule has 144 valence electrons. The molecule has 1 atom stereocenters. The molecule has 0 aliphatic heterocycles. The summed E-state index contributed by atoms with van der Waals surface area (Å²) < 4.78 is 5.84. The van der Waals surface area contributed by atoms with Crippen molar-refractivity contribution in [1.29, 1.82) is 0 Å². The first kappa shape index (κ1) is 20.4. The van der Waals surface area contributed by atoms with Crippen molar-refractivity contribution < 1.29 is 14.5 Å². The van der Waals surface area contributed by atoms with Crippen LogP contribution < -0.4 is 10.1 Å². The molecule has 6 heteroatoms. The summed E-state index contributed by atoms with van der Waals surface area (Å²) in [5.41, 5.74) is 2.03. The maximum Gasteiger partial charge on any atom is 0.274 e. The molecule has 0 fully saturated rings. The fourth-order valence-corrected chi connectivity index (χ4v) is 2.69. The molecular formula is C21H26N2O4. The molecule has 27 heavy (non-hydrogen) atoms. The first-order chi connectivity index (χ1) is 12.6. The van der Waals surface area contributed by atoms with Gasteiger partial charge < -0.3 is 10.1 Å². The molecule has 0 heterocycles. The van der Waals surface area contributed by atoms with Crippen LogP contribution in [-0.2, 0) is 10.2 Å². The van der Waals surface area contributed by atoms with E-state index in [0.29, 0.717) is 23.4 Å². The van der Waals surface area contributed by atoms with E-state index < -0.39 is 11.0 Å². The van der Waals surface area contributed by atoms with Gasteiger partial charge >= 0.3 is 0 Å². The van der Waals surface area contributed by atoms with Gasteiger partial charge in [-0.3, -0.25) is 14.9 Å². The topological polar surface area (TPSA) is 81.5 Å². The lowest BCUT2D eigenvalue weighted by molar-refractivity contribution is -0.385.